The zero-order valence-electron chi connectivity index (χ0n) is 13.2. The molecule has 0 fully saturated rings. The lowest BCUT2D eigenvalue weighted by atomic mass is 10.1. The molecule has 0 saturated heterocycles. The molecular weight excluding hydrogens is 416 g/mol. The molecule has 4 rings (SSSR count). The average Bonchev–Trinajstić information content (AvgIpc) is 3.09. The van der Waals surface area contributed by atoms with Gasteiger partial charge in [0.05, 0.1) is 16.6 Å². The number of nitrogens with zero attached hydrogens (tertiary/aromatic N) is 3. The molecule has 26 heavy (non-hydrogen) atoms. The van der Waals surface area contributed by atoms with Crippen LogP contribution in [0.15, 0.2) is 59.3 Å². The van der Waals surface area contributed by atoms with Gasteiger partial charge in [-0.1, -0.05) is 28.1 Å². The molecule has 0 aliphatic carbocycles. The minimum atomic E-state index is -1.10. The maximum atomic E-state index is 11.5. The molecule has 0 saturated carbocycles. The maximum Gasteiger partial charge on any atom is 0.357 e. The number of rotatable bonds is 4. The van der Waals surface area contributed by atoms with E-state index in [0.29, 0.717) is 15.9 Å². The molecule has 0 unspecified atom stereocenters. The fourth-order valence-corrected chi connectivity index (χ4v) is 3.91. The van der Waals surface area contributed by atoms with Crippen molar-refractivity contribution in [2.24, 2.45) is 0 Å². The number of anilines is 2. The first-order valence-corrected chi connectivity index (χ1v) is 9.19. The van der Waals surface area contributed by atoms with E-state index < -0.39 is 5.97 Å². The smallest absolute Gasteiger partial charge is 0.357 e. The van der Waals surface area contributed by atoms with Crippen LogP contribution in [0.25, 0.3) is 20.5 Å². The minimum Gasteiger partial charge on any atom is -0.476 e. The van der Waals surface area contributed by atoms with E-state index in [-0.39, 0.29) is 5.69 Å². The summed E-state index contributed by atoms with van der Waals surface area (Å²) in [6.45, 7) is 0. The lowest BCUT2D eigenvalue weighted by molar-refractivity contribution is 0.0692. The Balaban J connectivity index is 1.87. The lowest BCUT2D eigenvalue weighted by Crippen LogP contribution is -2.04. The highest BCUT2D eigenvalue weighted by atomic mass is 79.9. The average molecular weight is 427 g/mol. The van der Waals surface area contributed by atoms with Gasteiger partial charge in [-0.25, -0.2) is 4.79 Å². The summed E-state index contributed by atoms with van der Waals surface area (Å²) in [7, 11) is 0. The quantitative estimate of drug-likeness (QED) is 0.479. The first-order chi connectivity index (χ1) is 12.6. The van der Waals surface area contributed by atoms with Gasteiger partial charge < -0.3 is 10.4 Å². The number of aromatic nitrogens is 3. The molecule has 128 valence electrons. The summed E-state index contributed by atoms with van der Waals surface area (Å²) in [4.78, 5) is 16.5. The zero-order valence-corrected chi connectivity index (χ0v) is 15.6. The third kappa shape index (κ3) is 3.16. The molecule has 0 aliphatic rings. The Morgan fingerprint density at radius 2 is 1.96 bits per heavy atom. The van der Waals surface area contributed by atoms with Crippen LogP contribution in [0.4, 0.5) is 11.5 Å². The van der Waals surface area contributed by atoms with E-state index in [2.05, 4.69) is 36.4 Å². The summed E-state index contributed by atoms with van der Waals surface area (Å²) in [5.74, 6) is -0.600. The van der Waals surface area contributed by atoms with Crippen molar-refractivity contribution >= 4 is 54.8 Å². The molecule has 0 bridgehead atoms. The number of carboxylic acids is 1. The Kier molecular flexibility index (Phi) is 4.36. The predicted molar refractivity (Wildman–Crippen MR) is 105 cm³/mol. The van der Waals surface area contributed by atoms with Crippen LogP contribution in [0.3, 0.4) is 0 Å². The highest BCUT2D eigenvalue weighted by molar-refractivity contribution is 9.10. The van der Waals surface area contributed by atoms with Gasteiger partial charge in [0, 0.05) is 20.9 Å². The third-order valence-corrected chi connectivity index (χ3v) is 5.43. The monoisotopic (exact) mass is 426 g/mol. The third-order valence-electron chi connectivity index (χ3n) is 3.71. The van der Waals surface area contributed by atoms with Crippen molar-refractivity contribution in [2.45, 2.75) is 0 Å². The SMILES string of the molecule is O=C(O)c1nnc(Nc2cccnc2)c2cc(-c3ccc(Br)cc3)sc12. The van der Waals surface area contributed by atoms with E-state index >= 15 is 0 Å². The topological polar surface area (TPSA) is 88.0 Å². The van der Waals surface area contributed by atoms with Gasteiger partial charge in [-0.15, -0.1) is 21.5 Å². The van der Waals surface area contributed by atoms with Crippen molar-refractivity contribution in [3.63, 3.8) is 0 Å². The van der Waals surface area contributed by atoms with Crippen molar-refractivity contribution in [2.75, 3.05) is 5.32 Å². The van der Waals surface area contributed by atoms with Crippen LogP contribution in [0.5, 0.6) is 0 Å². The summed E-state index contributed by atoms with van der Waals surface area (Å²) < 4.78 is 1.56. The van der Waals surface area contributed by atoms with Crippen molar-refractivity contribution in [1.82, 2.24) is 15.2 Å². The van der Waals surface area contributed by atoms with E-state index in [1.54, 1.807) is 18.5 Å². The number of hydrogen-bond donors (Lipinski definition) is 2. The summed E-state index contributed by atoms with van der Waals surface area (Å²) in [5, 5.41) is 21.3. The van der Waals surface area contributed by atoms with Crippen molar-refractivity contribution in [1.29, 1.82) is 0 Å². The molecule has 0 radical (unpaired) electrons. The molecule has 2 N–H and O–H groups in total. The van der Waals surface area contributed by atoms with E-state index in [9.17, 15) is 9.90 Å². The van der Waals surface area contributed by atoms with Crippen LogP contribution in [0.2, 0.25) is 0 Å². The Hall–Kier alpha value is -2.84. The molecule has 3 heterocycles. The molecule has 6 nitrogen and oxygen atoms in total. The largest absolute Gasteiger partial charge is 0.476 e. The lowest BCUT2D eigenvalue weighted by Gasteiger charge is -2.06. The van der Waals surface area contributed by atoms with E-state index in [1.807, 2.05) is 36.4 Å². The van der Waals surface area contributed by atoms with E-state index in [4.69, 9.17) is 0 Å². The van der Waals surface area contributed by atoms with Gasteiger partial charge in [0.25, 0.3) is 0 Å². The molecule has 3 aromatic heterocycles. The normalized spacial score (nSPS) is 10.8. The first-order valence-electron chi connectivity index (χ1n) is 7.58. The number of nitrogens with one attached hydrogen (secondary N) is 1. The number of thiophene rings is 1. The fourth-order valence-electron chi connectivity index (χ4n) is 2.50. The molecular formula is C18H11BrN4O2S. The second-order valence-electron chi connectivity index (χ2n) is 5.43. The van der Waals surface area contributed by atoms with Gasteiger partial charge in [0.1, 0.15) is 0 Å². The standard InChI is InChI=1S/C18H11BrN4O2S/c19-11-5-3-10(4-6-11)14-8-13-16(26-14)15(18(24)25)22-23-17(13)21-12-2-1-7-20-9-12/h1-9H,(H,21,23)(H,24,25). The zero-order chi connectivity index (χ0) is 18.1. The van der Waals surface area contributed by atoms with Crippen molar-refractivity contribution in [3.05, 3.63) is 65.0 Å². The van der Waals surface area contributed by atoms with Crippen molar-refractivity contribution in [3.8, 4) is 10.4 Å². The Labute approximate surface area is 160 Å². The van der Waals surface area contributed by atoms with Gasteiger partial charge in [-0.3, -0.25) is 4.98 Å². The summed E-state index contributed by atoms with van der Waals surface area (Å²) in [5.41, 5.74) is 1.70. The number of carboxylic acid groups (broad SMARTS) is 1. The van der Waals surface area contributed by atoms with Crippen LogP contribution in [-0.2, 0) is 0 Å². The second-order valence-corrected chi connectivity index (χ2v) is 7.40. The highest BCUT2D eigenvalue weighted by Crippen LogP contribution is 2.38. The Morgan fingerprint density at radius 3 is 2.65 bits per heavy atom. The Morgan fingerprint density at radius 1 is 1.15 bits per heavy atom. The molecule has 1 aromatic carbocycles. The van der Waals surface area contributed by atoms with Crippen LogP contribution in [0, 0.1) is 0 Å². The number of benzene rings is 1. The minimum absolute atomic E-state index is 0.0508. The van der Waals surface area contributed by atoms with Gasteiger partial charge in [0.15, 0.2) is 11.5 Å². The predicted octanol–water partition coefficient (Wildman–Crippen LogP) is 4.96. The highest BCUT2D eigenvalue weighted by Gasteiger charge is 2.19. The number of carbonyl (C=O) groups is 1. The van der Waals surface area contributed by atoms with Gasteiger partial charge >= 0.3 is 5.97 Å². The maximum absolute atomic E-state index is 11.5. The van der Waals surface area contributed by atoms with Gasteiger partial charge in [-0.2, -0.15) is 0 Å². The summed E-state index contributed by atoms with van der Waals surface area (Å²) in [6, 6.07) is 13.4. The summed E-state index contributed by atoms with van der Waals surface area (Å²) in [6.07, 6.45) is 3.34. The summed E-state index contributed by atoms with van der Waals surface area (Å²) >= 11 is 4.80. The number of pyridine rings is 1. The Bertz CT molecular complexity index is 1100. The van der Waals surface area contributed by atoms with Crippen molar-refractivity contribution < 1.29 is 9.90 Å². The molecule has 0 aliphatic heterocycles. The molecule has 0 amide bonds. The molecule has 0 spiro atoms. The molecule has 8 heteroatoms. The van der Waals surface area contributed by atoms with Crippen LogP contribution in [0.1, 0.15) is 10.5 Å². The van der Waals surface area contributed by atoms with E-state index in [0.717, 1.165) is 20.6 Å². The number of fused-ring (bicyclic) bond motifs is 1. The van der Waals surface area contributed by atoms with Crippen LogP contribution < -0.4 is 5.32 Å². The first kappa shape index (κ1) is 16.6. The van der Waals surface area contributed by atoms with Gasteiger partial charge in [-0.05, 0) is 35.9 Å². The number of aromatic carboxylic acids is 1. The second kappa shape index (κ2) is 6.81. The molecule has 0 atom stereocenters. The van der Waals surface area contributed by atoms with Crippen LogP contribution >= 0.6 is 27.3 Å². The fraction of sp³-hybridized carbons (Fsp3) is 0. The molecule has 4 aromatic rings. The van der Waals surface area contributed by atoms with Gasteiger partial charge in [0.2, 0.25) is 0 Å². The van der Waals surface area contributed by atoms with Crippen LogP contribution in [-0.4, -0.2) is 26.3 Å². The number of halogens is 1. The van der Waals surface area contributed by atoms with E-state index in [1.165, 1.54) is 11.3 Å². The number of hydrogen-bond acceptors (Lipinski definition) is 6.